The third kappa shape index (κ3) is 21.2. The fraction of sp³-hybridized carbons (Fsp3) is 0.738. The van der Waals surface area contributed by atoms with E-state index in [0.29, 0.717) is 228 Å². The number of aryl methyl sites for hydroxylation is 2. The molecule has 107 heavy (non-hydrogen) atoms. The lowest BCUT2D eigenvalue weighted by molar-refractivity contribution is -0.0715. The number of nitrogens with zero attached hydrogens (tertiary/aromatic N) is 2. The molecule has 5 aromatic heterocycles. The Morgan fingerprint density at radius 2 is 0.551 bits per heavy atom. The number of thiophene rings is 4. The van der Waals surface area contributed by atoms with Gasteiger partial charge < -0.3 is 75.8 Å². The van der Waals surface area contributed by atoms with Crippen LogP contribution in [0.2, 0.25) is 0 Å². The summed E-state index contributed by atoms with van der Waals surface area (Å²) in [7, 11) is 0. The summed E-state index contributed by atoms with van der Waals surface area (Å²) in [6, 6.07) is 4.35. The zero-order chi connectivity index (χ0) is 75.8. The highest BCUT2D eigenvalue weighted by Crippen LogP contribution is 2.64. The molecule has 23 heteroatoms. The summed E-state index contributed by atoms with van der Waals surface area (Å²) in [5, 5.41) is 0. The van der Waals surface area contributed by atoms with Gasteiger partial charge in [0.2, 0.25) is 0 Å². The minimum absolute atomic E-state index is 0.297. The second-order valence-electron chi connectivity index (χ2n) is 30.8. The molecule has 4 aliphatic rings. The van der Waals surface area contributed by atoms with Gasteiger partial charge in [0.1, 0.15) is 63.9 Å². The highest BCUT2D eigenvalue weighted by atomic mass is 32.1. The van der Waals surface area contributed by atoms with Crippen LogP contribution in [0.5, 0.6) is 46.0 Å². The summed E-state index contributed by atoms with van der Waals surface area (Å²) >= 11 is 7.71. The fourth-order valence-corrected chi connectivity index (χ4v) is 19.9. The van der Waals surface area contributed by atoms with E-state index in [0.717, 1.165) is 138 Å². The lowest BCUT2D eigenvalue weighted by Gasteiger charge is -2.32. The molecule has 9 heterocycles. The highest BCUT2D eigenvalue weighted by Gasteiger charge is 2.46. The monoisotopic (exact) mass is 1580 g/mol. The van der Waals surface area contributed by atoms with Crippen LogP contribution in [0.4, 0.5) is 0 Å². The Labute approximate surface area is 660 Å². The molecule has 0 saturated heterocycles. The summed E-state index contributed by atoms with van der Waals surface area (Å²) < 4.78 is 120. The van der Waals surface area contributed by atoms with Crippen molar-refractivity contribution in [2.75, 3.05) is 159 Å². The van der Waals surface area contributed by atoms with E-state index in [1.807, 2.05) is 27.7 Å². The molecule has 0 aliphatic carbocycles. The molecule has 18 nitrogen and oxygen atoms in total. The molecule has 4 aliphatic heterocycles. The van der Waals surface area contributed by atoms with E-state index >= 15 is 0 Å². The molecular weight excluding hydrogens is 1450 g/mol. The van der Waals surface area contributed by atoms with E-state index in [1.165, 1.54) is 37.4 Å². The topological polar surface area (TPSA) is 173 Å². The van der Waals surface area contributed by atoms with Gasteiger partial charge in [-0.1, -0.05) is 145 Å². The van der Waals surface area contributed by atoms with Crippen molar-refractivity contribution in [2.24, 2.45) is 45.3 Å². The van der Waals surface area contributed by atoms with Crippen molar-refractivity contribution in [1.82, 2.24) is 8.75 Å². The average molecular weight is 1580 g/mol. The van der Waals surface area contributed by atoms with Gasteiger partial charge in [-0.3, -0.25) is 0 Å². The molecule has 4 atom stereocenters. The third-order valence-electron chi connectivity index (χ3n) is 21.8. The lowest BCUT2D eigenvalue weighted by atomic mass is 9.91. The van der Waals surface area contributed by atoms with Crippen molar-refractivity contribution in [2.45, 2.75) is 200 Å². The van der Waals surface area contributed by atoms with E-state index in [4.69, 9.17) is 84.5 Å². The molecule has 1 aromatic carbocycles. The predicted octanol–water partition coefficient (Wildman–Crippen LogP) is 21.3. The number of hydrogen-bond donors (Lipinski definition) is 0. The van der Waals surface area contributed by atoms with Crippen LogP contribution < -0.4 is 37.9 Å². The van der Waals surface area contributed by atoms with Gasteiger partial charge in [-0.15, -0.1) is 45.3 Å². The maximum absolute atomic E-state index is 7.47. The Morgan fingerprint density at radius 1 is 0.318 bits per heavy atom. The minimum atomic E-state index is -0.656. The first-order valence-electron chi connectivity index (χ1n) is 40.7. The number of benzene rings is 1. The molecule has 0 radical (unpaired) electrons. The molecule has 10 rings (SSSR count). The van der Waals surface area contributed by atoms with Gasteiger partial charge in [-0.05, 0) is 90.9 Å². The predicted molar refractivity (Wildman–Crippen MR) is 436 cm³/mol. The maximum atomic E-state index is 7.47. The van der Waals surface area contributed by atoms with Crippen LogP contribution >= 0.6 is 57.1 Å². The van der Waals surface area contributed by atoms with E-state index in [-0.39, 0.29) is 0 Å². The number of unbranched alkanes of at least 4 members (excludes halogenated alkanes) is 4. The van der Waals surface area contributed by atoms with Gasteiger partial charge >= 0.3 is 0 Å². The van der Waals surface area contributed by atoms with Crippen LogP contribution in [0.15, 0.2) is 12.1 Å². The quantitative estimate of drug-likeness (QED) is 0.0352. The van der Waals surface area contributed by atoms with Crippen LogP contribution in [-0.2, 0) is 37.9 Å². The summed E-state index contributed by atoms with van der Waals surface area (Å²) in [4.78, 5) is 7.26. The van der Waals surface area contributed by atoms with Crippen LogP contribution in [0.1, 0.15) is 196 Å². The molecule has 0 spiro atoms. The molecule has 600 valence electrons. The first-order valence-corrected chi connectivity index (χ1v) is 44.7. The molecule has 0 saturated carbocycles. The average Bonchev–Trinajstić information content (AvgIpc) is 1.58. The second kappa shape index (κ2) is 42.2. The van der Waals surface area contributed by atoms with Crippen LogP contribution in [0.3, 0.4) is 0 Å². The molecule has 6 aromatic rings. The van der Waals surface area contributed by atoms with E-state index < -0.39 is 21.7 Å². The van der Waals surface area contributed by atoms with Gasteiger partial charge in [0, 0.05) is 73.7 Å². The van der Waals surface area contributed by atoms with E-state index in [2.05, 4.69) is 81.4 Å². The first-order chi connectivity index (χ1) is 52.2. The Balaban J connectivity index is 1.10. The maximum Gasteiger partial charge on any atom is 0.181 e. The van der Waals surface area contributed by atoms with Crippen LogP contribution in [-0.4, -0.2) is 167 Å². The van der Waals surface area contributed by atoms with Crippen LogP contribution in [0.25, 0.3) is 51.4 Å². The third-order valence-corrected chi connectivity index (χ3v) is 27.2. The molecule has 0 N–H and O–H groups in total. The smallest absolute Gasteiger partial charge is 0.181 e. The number of fused-ring (bicyclic) bond motifs is 5. The van der Waals surface area contributed by atoms with Gasteiger partial charge in [-0.2, -0.15) is 8.75 Å². The van der Waals surface area contributed by atoms with Crippen molar-refractivity contribution in [3.8, 4) is 86.4 Å². The Kier molecular flexibility index (Phi) is 33.6. The normalized spacial score (nSPS) is 19.3. The zero-order valence-electron chi connectivity index (χ0n) is 67.2. The Morgan fingerprint density at radius 3 is 0.804 bits per heavy atom. The molecule has 0 bridgehead atoms. The molecule has 0 amide bonds. The van der Waals surface area contributed by atoms with Gasteiger partial charge in [-0.25, -0.2) is 0 Å². The van der Waals surface area contributed by atoms with Gasteiger partial charge in [0.15, 0.2) is 46.0 Å². The van der Waals surface area contributed by atoms with Gasteiger partial charge in [0.05, 0.1) is 116 Å². The van der Waals surface area contributed by atoms with E-state index in [9.17, 15) is 0 Å². The van der Waals surface area contributed by atoms with E-state index in [1.54, 1.807) is 45.3 Å². The molecule has 4 unspecified atom stereocenters. The first kappa shape index (κ1) is 85.3. The highest BCUT2D eigenvalue weighted by molar-refractivity contribution is 7.25. The number of aromatic nitrogens is 2. The zero-order valence-corrected chi connectivity index (χ0v) is 71.3. The number of ether oxygens (including phenoxy) is 16. The van der Waals surface area contributed by atoms with Crippen molar-refractivity contribution in [3.63, 3.8) is 0 Å². The number of rotatable bonds is 48. The van der Waals surface area contributed by atoms with Crippen LogP contribution in [0, 0.1) is 59.2 Å². The number of hydrogen-bond acceptors (Lipinski definition) is 23. The summed E-state index contributed by atoms with van der Waals surface area (Å²) in [6.45, 7) is 41.3. The fourth-order valence-electron chi connectivity index (χ4n) is 14.6. The Bertz CT molecular complexity index is 3340. The SMILES string of the molecule is CCCCC(CC)COCC1(COCC(CC)CCCC)COc2c(-c3sc(C)c4c3OCC(COCC)(COCC)CO4)sc(-c3ccc(-c4sc(-c5sc(C)c6c5OCC(COCC)(COCC)CO6)c5c4OCC(COCC(CC)CCCC)(COCC(CC)CCCC)CO5)c4nsnc34)c2OC1. The molecule has 0 fully saturated rings. The minimum Gasteiger partial charge on any atom is -0.488 e. The molecular formula is C84H128N2O16S5. The summed E-state index contributed by atoms with van der Waals surface area (Å²) in [6.07, 6.45) is 18.0. The summed E-state index contributed by atoms with van der Waals surface area (Å²) in [5.74, 6) is 7.13. The largest absolute Gasteiger partial charge is 0.488 e. The van der Waals surface area contributed by atoms with Crippen molar-refractivity contribution in [1.29, 1.82) is 0 Å². The van der Waals surface area contributed by atoms with Crippen molar-refractivity contribution in [3.05, 3.63) is 21.9 Å². The van der Waals surface area contributed by atoms with Crippen molar-refractivity contribution < 1.29 is 75.8 Å². The van der Waals surface area contributed by atoms with Gasteiger partial charge in [0.25, 0.3) is 0 Å². The van der Waals surface area contributed by atoms with Crippen molar-refractivity contribution >= 4 is 68.1 Å². The second-order valence-corrected chi connectivity index (χ2v) is 35.9. The summed E-state index contributed by atoms with van der Waals surface area (Å²) in [5.41, 5.74) is 0.759. The standard InChI is InChI=1S/C84H128N2O16S5/c1-15-27-31-59(19-5)37-91-45-83(46-92-38-60(20-6)32-28-16-2)53-99-71-73(101-55-83)79(77-69-67(57(13)103-77)95-49-81(51-97-69,41-87-23-9)42-88-24-10)105-75(71)63-35-36-64(66-65(63)85-107-86-66)76-72-74(80(106-76)78-70-68(58(14)104-78)96-50-82(52-98-70,43-89-25-11)44-90-26-12)102-56-84(54-100-72,47-93-39-61(21-7)33-29-17-3)48-94-40-62(22-8)34-30-18-4/h35-36,59-62H,15-34,37-56H2,1-14H3. The Hall–Kier alpha value is -4.08. The lowest BCUT2D eigenvalue weighted by Crippen LogP contribution is -2.43.